The number of nitrogens with two attached hydrogens (primary N) is 1. The zero-order valence-electron chi connectivity index (χ0n) is 11.3. The van der Waals surface area contributed by atoms with Gasteiger partial charge in [-0.2, -0.15) is 0 Å². The average molecular weight is 261 g/mol. The van der Waals surface area contributed by atoms with Crippen molar-refractivity contribution in [3.05, 3.63) is 29.8 Å². The third-order valence-electron chi connectivity index (χ3n) is 4.21. The van der Waals surface area contributed by atoms with Crippen LogP contribution >= 0.6 is 0 Å². The van der Waals surface area contributed by atoms with Crippen molar-refractivity contribution in [1.29, 1.82) is 0 Å². The van der Waals surface area contributed by atoms with Crippen LogP contribution in [0.15, 0.2) is 18.2 Å². The Kier molecular flexibility index (Phi) is 3.27. The number of aryl methyl sites for hydroxylation is 1. The lowest BCUT2D eigenvalue weighted by molar-refractivity contribution is 0.366. The first kappa shape index (κ1) is 12.6. The molecule has 19 heavy (non-hydrogen) atoms. The molecule has 102 valence electrons. The molecule has 0 aliphatic heterocycles. The van der Waals surface area contributed by atoms with Crippen LogP contribution < -0.4 is 5.73 Å². The van der Waals surface area contributed by atoms with Crippen molar-refractivity contribution in [3.8, 4) is 0 Å². The van der Waals surface area contributed by atoms with Crippen LogP contribution in [0.4, 0.5) is 4.39 Å². The Balaban J connectivity index is 2.12. The first-order valence-electron chi connectivity index (χ1n) is 7.12. The summed E-state index contributed by atoms with van der Waals surface area (Å²) in [4.78, 5) is 4.72. The number of halogens is 1. The molecule has 2 unspecified atom stereocenters. The van der Waals surface area contributed by atoms with Gasteiger partial charge in [-0.3, -0.25) is 0 Å². The van der Waals surface area contributed by atoms with E-state index < -0.39 is 0 Å². The van der Waals surface area contributed by atoms with Gasteiger partial charge in [0, 0.05) is 18.5 Å². The fourth-order valence-corrected chi connectivity index (χ4v) is 3.21. The van der Waals surface area contributed by atoms with Crippen LogP contribution in [0, 0.1) is 5.82 Å². The molecule has 4 heteroatoms. The number of rotatable bonds is 2. The molecule has 0 saturated heterocycles. The maximum atomic E-state index is 13.4. The summed E-state index contributed by atoms with van der Waals surface area (Å²) in [5.41, 5.74) is 8.01. The fourth-order valence-electron chi connectivity index (χ4n) is 3.21. The van der Waals surface area contributed by atoms with E-state index in [-0.39, 0.29) is 11.9 Å². The predicted molar refractivity (Wildman–Crippen MR) is 74.5 cm³/mol. The Hall–Kier alpha value is -1.42. The summed E-state index contributed by atoms with van der Waals surface area (Å²) in [5, 5.41) is 0. The normalized spacial score (nSPS) is 23.9. The molecule has 0 amide bonds. The maximum Gasteiger partial charge on any atom is 0.125 e. The number of aromatic nitrogens is 2. The summed E-state index contributed by atoms with van der Waals surface area (Å²) in [6.07, 6.45) is 4.57. The van der Waals surface area contributed by atoms with E-state index in [1.807, 2.05) is 0 Å². The van der Waals surface area contributed by atoms with Crippen molar-refractivity contribution in [2.75, 3.05) is 0 Å². The Morgan fingerprint density at radius 1 is 1.37 bits per heavy atom. The molecule has 1 heterocycles. The van der Waals surface area contributed by atoms with Gasteiger partial charge in [-0.15, -0.1) is 0 Å². The van der Waals surface area contributed by atoms with Crippen molar-refractivity contribution < 1.29 is 4.39 Å². The number of imidazole rings is 1. The van der Waals surface area contributed by atoms with E-state index in [1.54, 1.807) is 12.1 Å². The monoisotopic (exact) mass is 261 g/mol. The van der Waals surface area contributed by atoms with Crippen LogP contribution in [0.3, 0.4) is 0 Å². The lowest BCUT2D eigenvalue weighted by atomic mass is 9.84. The largest absolute Gasteiger partial charge is 0.328 e. The Bertz CT molecular complexity index is 590. The minimum atomic E-state index is -0.207. The van der Waals surface area contributed by atoms with Crippen LogP contribution in [0.1, 0.15) is 44.3 Å². The lowest BCUT2D eigenvalue weighted by Crippen LogP contribution is -2.33. The van der Waals surface area contributed by atoms with Gasteiger partial charge in [-0.1, -0.05) is 12.8 Å². The SMILES string of the molecule is CCn1c(C2CCCCC2N)nc2ccc(F)cc21. The van der Waals surface area contributed by atoms with Crippen molar-refractivity contribution in [2.45, 2.75) is 51.1 Å². The van der Waals surface area contributed by atoms with Gasteiger partial charge >= 0.3 is 0 Å². The van der Waals surface area contributed by atoms with Crippen molar-refractivity contribution in [3.63, 3.8) is 0 Å². The summed E-state index contributed by atoms with van der Waals surface area (Å²) in [5.74, 6) is 1.14. The molecule has 2 atom stereocenters. The van der Waals surface area contributed by atoms with Gasteiger partial charge in [0.15, 0.2) is 0 Å². The molecule has 0 spiro atoms. The van der Waals surface area contributed by atoms with Gasteiger partial charge < -0.3 is 10.3 Å². The second-order valence-corrected chi connectivity index (χ2v) is 5.40. The second kappa shape index (κ2) is 4.93. The Morgan fingerprint density at radius 2 is 2.16 bits per heavy atom. The van der Waals surface area contributed by atoms with E-state index in [2.05, 4.69) is 11.5 Å². The summed E-state index contributed by atoms with van der Waals surface area (Å²) in [6.45, 7) is 2.88. The summed E-state index contributed by atoms with van der Waals surface area (Å²) in [7, 11) is 0. The average Bonchev–Trinajstić information content (AvgIpc) is 2.76. The molecule has 1 fully saturated rings. The van der Waals surface area contributed by atoms with E-state index in [1.165, 1.54) is 18.9 Å². The summed E-state index contributed by atoms with van der Waals surface area (Å²) >= 11 is 0. The molecule has 3 rings (SSSR count). The van der Waals surface area contributed by atoms with E-state index in [9.17, 15) is 4.39 Å². The molecule has 1 aliphatic carbocycles. The topological polar surface area (TPSA) is 43.8 Å². The summed E-state index contributed by atoms with van der Waals surface area (Å²) < 4.78 is 15.5. The molecule has 1 aromatic heterocycles. The van der Waals surface area contributed by atoms with E-state index in [0.717, 1.165) is 36.2 Å². The third-order valence-corrected chi connectivity index (χ3v) is 4.21. The van der Waals surface area contributed by atoms with Gasteiger partial charge in [-0.25, -0.2) is 9.37 Å². The zero-order valence-corrected chi connectivity index (χ0v) is 11.3. The Morgan fingerprint density at radius 3 is 2.89 bits per heavy atom. The van der Waals surface area contributed by atoms with Crippen LogP contribution in [-0.2, 0) is 6.54 Å². The van der Waals surface area contributed by atoms with Gasteiger partial charge in [0.25, 0.3) is 0 Å². The molecule has 1 aliphatic rings. The molecule has 0 radical (unpaired) electrons. The van der Waals surface area contributed by atoms with Crippen molar-refractivity contribution in [2.24, 2.45) is 5.73 Å². The molecular formula is C15H20FN3. The van der Waals surface area contributed by atoms with Crippen molar-refractivity contribution >= 4 is 11.0 Å². The first-order chi connectivity index (χ1) is 9.20. The van der Waals surface area contributed by atoms with Gasteiger partial charge in [0.05, 0.1) is 11.0 Å². The predicted octanol–water partition coefficient (Wildman–Crippen LogP) is 3.18. The highest BCUT2D eigenvalue weighted by molar-refractivity contribution is 5.76. The van der Waals surface area contributed by atoms with Gasteiger partial charge in [-0.05, 0) is 38.0 Å². The van der Waals surface area contributed by atoms with Crippen LogP contribution in [0.25, 0.3) is 11.0 Å². The van der Waals surface area contributed by atoms with E-state index >= 15 is 0 Å². The zero-order chi connectivity index (χ0) is 13.4. The number of fused-ring (bicyclic) bond motifs is 1. The molecule has 2 N–H and O–H groups in total. The number of benzene rings is 1. The molecule has 2 aromatic rings. The van der Waals surface area contributed by atoms with E-state index in [4.69, 9.17) is 10.7 Å². The lowest BCUT2D eigenvalue weighted by Gasteiger charge is -2.28. The van der Waals surface area contributed by atoms with Crippen LogP contribution in [0.2, 0.25) is 0 Å². The van der Waals surface area contributed by atoms with Crippen molar-refractivity contribution in [1.82, 2.24) is 9.55 Å². The van der Waals surface area contributed by atoms with Crippen LogP contribution in [-0.4, -0.2) is 15.6 Å². The highest BCUT2D eigenvalue weighted by atomic mass is 19.1. The molecular weight excluding hydrogens is 241 g/mol. The number of hydrogen-bond donors (Lipinski definition) is 1. The highest BCUT2D eigenvalue weighted by Crippen LogP contribution is 2.33. The molecule has 1 saturated carbocycles. The standard InChI is InChI=1S/C15H20FN3/c1-2-19-14-9-10(16)7-8-13(14)18-15(19)11-5-3-4-6-12(11)17/h7-9,11-12H,2-6,17H2,1H3. The first-order valence-corrected chi connectivity index (χ1v) is 7.12. The maximum absolute atomic E-state index is 13.4. The second-order valence-electron chi connectivity index (χ2n) is 5.40. The minimum Gasteiger partial charge on any atom is -0.328 e. The molecule has 1 aromatic carbocycles. The number of hydrogen-bond acceptors (Lipinski definition) is 2. The number of nitrogens with zero attached hydrogens (tertiary/aromatic N) is 2. The highest BCUT2D eigenvalue weighted by Gasteiger charge is 2.28. The van der Waals surface area contributed by atoms with Gasteiger partial charge in [0.1, 0.15) is 11.6 Å². The van der Waals surface area contributed by atoms with Gasteiger partial charge in [0.2, 0.25) is 0 Å². The fraction of sp³-hybridized carbons (Fsp3) is 0.533. The Labute approximate surface area is 112 Å². The molecule has 3 nitrogen and oxygen atoms in total. The smallest absolute Gasteiger partial charge is 0.125 e. The van der Waals surface area contributed by atoms with Crippen LogP contribution in [0.5, 0.6) is 0 Å². The summed E-state index contributed by atoms with van der Waals surface area (Å²) in [6, 6.07) is 4.99. The minimum absolute atomic E-state index is 0.181. The quantitative estimate of drug-likeness (QED) is 0.902. The third kappa shape index (κ3) is 2.14. The molecule has 0 bridgehead atoms. The van der Waals surface area contributed by atoms with E-state index in [0.29, 0.717) is 5.92 Å².